The number of nitrogens with zero attached hydrogens (tertiary/aromatic N) is 4. The standard InChI is InChI=1S/C25H23BrN6O3S/c1-13(14-10-34-11-14)35-20-6-15(26)5-19-23(20)24(29-12-28-19)30-16-3-4-18-21(7-16)36-22(31-18)8-17-9-27-25(33)32(17)2/h3-7,9,12-14H,8,10-11H2,1-2H3,(H,27,33)(H,28,29,30)/t13-/m1/s1. The molecule has 1 aliphatic rings. The Hall–Kier alpha value is -3.28. The van der Waals surface area contributed by atoms with Crippen LogP contribution in [-0.4, -0.2) is 43.8 Å². The van der Waals surface area contributed by atoms with Gasteiger partial charge in [0.15, 0.2) is 0 Å². The summed E-state index contributed by atoms with van der Waals surface area (Å²) in [6.07, 6.45) is 3.89. The van der Waals surface area contributed by atoms with E-state index in [0.29, 0.717) is 31.4 Å². The third-order valence-electron chi connectivity index (χ3n) is 6.43. The number of aromatic amines is 1. The molecular weight excluding hydrogens is 544 g/mol. The first kappa shape index (κ1) is 23.1. The minimum atomic E-state index is -0.125. The van der Waals surface area contributed by atoms with Gasteiger partial charge in [0.2, 0.25) is 0 Å². The van der Waals surface area contributed by atoms with Crippen molar-refractivity contribution in [2.24, 2.45) is 13.0 Å². The van der Waals surface area contributed by atoms with Crippen LogP contribution in [0.25, 0.3) is 21.1 Å². The monoisotopic (exact) mass is 566 g/mol. The quantitative estimate of drug-likeness (QED) is 0.292. The number of nitrogens with one attached hydrogen (secondary N) is 2. The van der Waals surface area contributed by atoms with E-state index in [2.05, 4.69) is 49.2 Å². The lowest BCUT2D eigenvalue weighted by Gasteiger charge is -2.32. The molecule has 0 unspecified atom stereocenters. The van der Waals surface area contributed by atoms with Crippen molar-refractivity contribution in [3.63, 3.8) is 0 Å². The highest BCUT2D eigenvalue weighted by molar-refractivity contribution is 9.10. The van der Waals surface area contributed by atoms with E-state index in [1.165, 1.54) is 0 Å². The van der Waals surface area contributed by atoms with E-state index < -0.39 is 0 Å². The highest BCUT2D eigenvalue weighted by Gasteiger charge is 2.27. The van der Waals surface area contributed by atoms with Crippen molar-refractivity contribution in [2.75, 3.05) is 18.5 Å². The molecule has 4 heterocycles. The molecule has 0 amide bonds. The van der Waals surface area contributed by atoms with Crippen LogP contribution in [0.3, 0.4) is 0 Å². The molecule has 1 fully saturated rings. The molecule has 11 heteroatoms. The fourth-order valence-corrected chi connectivity index (χ4v) is 5.63. The van der Waals surface area contributed by atoms with E-state index in [4.69, 9.17) is 14.5 Å². The first-order valence-corrected chi connectivity index (χ1v) is 13.1. The topological polar surface area (TPSA) is 107 Å². The Bertz CT molecular complexity index is 1640. The summed E-state index contributed by atoms with van der Waals surface area (Å²) in [7, 11) is 1.76. The molecule has 2 aromatic carbocycles. The lowest BCUT2D eigenvalue weighted by Crippen LogP contribution is -2.39. The lowest BCUT2D eigenvalue weighted by molar-refractivity contribution is -0.0773. The predicted octanol–water partition coefficient (Wildman–Crippen LogP) is 4.78. The number of hydrogen-bond acceptors (Lipinski definition) is 8. The highest BCUT2D eigenvalue weighted by Crippen LogP contribution is 2.37. The van der Waals surface area contributed by atoms with Gasteiger partial charge in [0.1, 0.15) is 24.0 Å². The van der Waals surface area contributed by atoms with Crippen LogP contribution >= 0.6 is 27.3 Å². The minimum absolute atomic E-state index is 0.00999. The Labute approximate surface area is 218 Å². The molecule has 1 atom stereocenters. The third-order valence-corrected chi connectivity index (χ3v) is 7.91. The molecule has 1 aliphatic heterocycles. The average Bonchev–Trinajstić information content (AvgIpc) is 3.35. The zero-order valence-electron chi connectivity index (χ0n) is 19.6. The molecule has 3 aromatic heterocycles. The van der Waals surface area contributed by atoms with Gasteiger partial charge in [-0.3, -0.25) is 4.57 Å². The summed E-state index contributed by atoms with van der Waals surface area (Å²) in [5.74, 6) is 1.77. The van der Waals surface area contributed by atoms with Gasteiger partial charge in [0.05, 0.1) is 39.3 Å². The second-order valence-electron chi connectivity index (χ2n) is 8.88. The Morgan fingerprint density at radius 1 is 1.28 bits per heavy atom. The van der Waals surface area contributed by atoms with Crippen molar-refractivity contribution in [2.45, 2.75) is 19.4 Å². The van der Waals surface area contributed by atoms with Crippen molar-refractivity contribution >= 4 is 59.9 Å². The summed E-state index contributed by atoms with van der Waals surface area (Å²) in [5.41, 5.74) is 3.36. The summed E-state index contributed by atoms with van der Waals surface area (Å²) in [6, 6.07) is 9.96. The Morgan fingerprint density at radius 3 is 2.89 bits per heavy atom. The molecule has 6 rings (SSSR count). The van der Waals surface area contributed by atoms with Gasteiger partial charge in [-0.1, -0.05) is 15.9 Å². The van der Waals surface area contributed by atoms with Gasteiger partial charge in [0, 0.05) is 41.4 Å². The Kier molecular flexibility index (Phi) is 5.98. The van der Waals surface area contributed by atoms with Crippen LogP contribution in [0.5, 0.6) is 5.75 Å². The van der Waals surface area contributed by atoms with Gasteiger partial charge >= 0.3 is 5.69 Å². The van der Waals surface area contributed by atoms with Crippen LogP contribution in [0.2, 0.25) is 0 Å². The number of thiazole rings is 1. The largest absolute Gasteiger partial charge is 0.489 e. The number of fused-ring (bicyclic) bond motifs is 2. The van der Waals surface area contributed by atoms with E-state index in [1.54, 1.807) is 35.5 Å². The number of benzene rings is 2. The lowest BCUT2D eigenvalue weighted by atomic mass is 10.0. The van der Waals surface area contributed by atoms with Gasteiger partial charge in [-0.25, -0.2) is 19.7 Å². The molecule has 0 saturated carbocycles. The molecule has 184 valence electrons. The highest BCUT2D eigenvalue weighted by atomic mass is 79.9. The van der Waals surface area contributed by atoms with Crippen molar-refractivity contribution in [1.29, 1.82) is 0 Å². The zero-order valence-corrected chi connectivity index (χ0v) is 22.0. The molecule has 0 aliphatic carbocycles. The zero-order chi connectivity index (χ0) is 24.8. The first-order valence-electron chi connectivity index (χ1n) is 11.5. The SMILES string of the molecule is C[C@@H](Oc1cc(Br)cc2ncnc(Nc3ccc4nc(Cc5c[nH]c(=O)n5C)sc4c3)c12)C1COC1. The maximum atomic E-state index is 11.7. The predicted molar refractivity (Wildman–Crippen MR) is 143 cm³/mol. The van der Waals surface area contributed by atoms with Crippen LogP contribution in [-0.2, 0) is 18.2 Å². The summed E-state index contributed by atoms with van der Waals surface area (Å²) < 4.78 is 15.3. The van der Waals surface area contributed by atoms with Crippen molar-refractivity contribution < 1.29 is 9.47 Å². The van der Waals surface area contributed by atoms with Crippen LogP contribution in [0, 0.1) is 5.92 Å². The molecule has 0 radical (unpaired) electrons. The number of halogens is 1. The number of hydrogen-bond donors (Lipinski definition) is 2. The number of aromatic nitrogens is 5. The second kappa shape index (κ2) is 9.30. The minimum Gasteiger partial charge on any atom is -0.489 e. The van der Waals surface area contributed by atoms with Crippen LogP contribution in [0.4, 0.5) is 11.5 Å². The average molecular weight is 567 g/mol. The maximum Gasteiger partial charge on any atom is 0.325 e. The van der Waals surface area contributed by atoms with Crippen LogP contribution in [0.15, 0.2) is 52.1 Å². The maximum absolute atomic E-state index is 11.7. The first-order chi connectivity index (χ1) is 17.4. The van der Waals surface area contributed by atoms with Gasteiger partial charge < -0.3 is 19.8 Å². The van der Waals surface area contributed by atoms with E-state index in [9.17, 15) is 4.79 Å². The molecule has 36 heavy (non-hydrogen) atoms. The van der Waals surface area contributed by atoms with E-state index in [1.807, 2.05) is 24.3 Å². The van der Waals surface area contributed by atoms with Crippen molar-refractivity contribution in [3.8, 4) is 5.75 Å². The summed E-state index contributed by atoms with van der Waals surface area (Å²) in [6.45, 7) is 3.50. The number of ether oxygens (including phenoxy) is 2. The molecule has 0 bridgehead atoms. The van der Waals surface area contributed by atoms with Crippen LogP contribution < -0.4 is 15.7 Å². The van der Waals surface area contributed by atoms with Crippen LogP contribution in [0.1, 0.15) is 17.6 Å². The Morgan fingerprint density at radius 2 is 2.14 bits per heavy atom. The summed E-state index contributed by atoms with van der Waals surface area (Å²) in [5, 5.41) is 5.23. The van der Waals surface area contributed by atoms with Gasteiger partial charge in [0.25, 0.3) is 0 Å². The molecule has 0 spiro atoms. The van der Waals surface area contributed by atoms with Gasteiger partial charge in [-0.05, 0) is 37.3 Å². The molecule has 2 N–H and O–H groups in total. The molecule has 5 aromatic rings. The van der Waals surface area contributed by atoms with E-state index >= 15 is 0 Å². The number of H-pyrrole nitrogens is 1. The summed E-state index contributed by atoms with van der Waals surface area (Å²) in [4.78, 5) is 28.2. The molecule has 1 saturated heterocycles. The number of imidazole rings is 1. The normalized spacial score (nSPS) is 14.8. The van der Waals surface area contributed by atoms with Crippen molar-refractivity contribution in [3.05, 3.63) is 68.5 Å². The molecular formula is C25H23BrN6O3S. The second-order valence-corrected chi connectivity index (χ2v) is 10.9. The smallest absolute Gasteiger partial charge is 0.325 e. The fraction of sp³-hybridized carbons (Fsp3) is 0.280. The van der Waals surface area contributed by atoms with Crippen molar-refractivity contribution in [1.82, 2.24) is 24.5 Å². The number of anilines is 2. The fourth-order valence-electron chi connectivity index (χ4n) is 4.19. The van der Waals surface area contributed by atoms with E-state index in [0.717, 1.165) is 47.7 Å². The Balaban J connectivity index is 1.31. The molecule has 9 nitrogen and oxygen atoms in total. The van der Waals surface area contributed by atoms with Gasteiger partial charge in [-0.15, -0.1) is 11.3 Å². The summed E-state index contributed by atoms with van der Waals surface area (Å²) >= 11 is 5.19. The van der Waals surface area contributed by atoms with Gasteiger partial charge in [-0.2, -0.15) is 0 Å². The number of rotatable bonds is 7. The van der Waals surface area contributed by atoms with E-state index in [-0.39, 0.29) is 11.8 Å². The third kappa shape index (κ3) is 4.38.